The number of nitrogens with zero attached hydrogens (tertiary/aromatic N) is 1. The van der Waals surface area contributed by atoms with Gasteiger partial charge >= 0.3 is 0 Å². The van der Waals surface area contributed by atoms with E-state index in [4.69, 9.17) is 9.84 Å². The zero-order valence-electron chi connectivity index (χ0n) is 11.0. The van der Waals surface area contributed by atoms with Crippen LogP contribution in [0, 0.1) is 0 Å². The standard InChI is InChI=1S/C13H19N3O4/c17-8-11-13(19)10(3-5-20-11)16-12(18)7-15-9-2-1-4-14-6-9/h1-2,4,6,10-11,13,15,17,19H,3,5,7-8H2,(H,16,18)/t10-,11+,13-/m0/s1. The van der Waals surface area contributed by atoms with Crippen LogP contribution in [0.4, 0.5) is 5.69 Å². The Balaban J connectivity index is 1.79. The van der Waals surface area contributed by atoms with Crippen molar-refractivity contribution in [1.29, 1.82) is 0 Å². The Morgan fingerprint density at radius 1 is 1.55 bits per heavy atom. The molecule has 1 aliphatic heterocycles. The van der Waals surface area contributed by atoms with Crippen molar-refractivity contribution in [3.8, 4) is 0 Å². The quantitative estimate of drug-likeness (QED) is 0.559. The highest BCUT2D eigenvalue weighted by molar-refractivity contribution is 5.80. The van der Waals surface area contributed by atoms with Gasteiger partial charge in [-0.1, -0.05) is 0 Å². The Morgan fingerprint density at radius 2 is 2.40 bits per heavy atom. The lowest BCUT2D eigenvalue weighted by Crippen LogP contribution is -2.55. The zero-order valence-corrected chi connectivity index (χ0v) is 11.0. The van der Waals surface area contributed by atoms with Crippen molar-refractivity contribution in [3.05, 3.63) is 24.5 Å². The van der Waals surface area contributed by atoms with Crippen LogP contribution >= 0.6 is 0 Å². The molecule has 0 saturated carbocycles. The number of aromatic nitrogens is 1. The van der Waals surface area contributed by atoms with Crippen molar-refractivity contribution in [2.45, 2.75) is 24.7 Å². The number of amides is 1. The average molecular weight is 281 g/mol. The predicted octanol–water partition coefficient (Wildman–Crippen LogP) is -0.880. The third-order valence-corrected chi connectivity index (χ3v) is 3.19. The molecule has 1 aromatic rings. The van der Waals surface area contributed by atoms with E-state index in [1.54, 1.807) is 18.5 Å². The van der Waals surface area contributed by atoms with Crippen molar-refractivity contribution < 1.29 is 19.7 Å². The third kappa shape index (κ3) is 3.89. The zero-order chi connectivity index (χ0) is 14.4. The molecule has 0 spiro atoms. The van der Waals surface area contributed by atoms with Gasteiger partial charge in [-0.15, -0.1) is 0 Å². The van der Waals surface area contributed by atoms with Crippen molar-refractivity contribution in [2.24, 2.45) is 0 Å². The van der Waals surface area contributed by atoms with Gasteiger partial charge in [0.15, 0.2) is 0 Å². The molecule has 1 aliphatic rings. The number of pyridine rings is 1. The molecule has 20 heavy (non-hydrogen) atoms. The minimum atomic E-state index is -0.893. The second kappa shape index (κ2) is 7.18. The average Bonchev–Trinajstić information content (AvgIpc) is 2.48. The van der Waals surface area contributed by atoms with E-state index in [1.807, 2.05) is 6.07 Å². The largest absolute Gasteiger partial charge is 0.394 e. The fraction of sp³-hybridized carbons (Fsp3) is 0.538. The molecule has 2 heterocycles. The molecule has 0 aromatic carbocycles. The maximum Gasteiger partial charge on any atom is 0.239 e. The fourth-order valence-electron chi connectivity index (χ4n) is 2.10. The normalized spacial score (nSPS) is 26.0. The summed E-state index contributed by atoms with van der Waals surface area (Å²) in [6, 6.07) is 3.18. The van der Waals surface area contributed by atoms with E-state index in [0.29, 0.717) is 13.0 Å². The Kier molecular flexibility index (Phi) is 5.28. The van der Waals surface area contributed by atoms with E-state index in [9.17, 15) is 9.90 Å². The van der Waals surface area contributed by atoms with Crippen LogP contribution in [-0.2, 0) is 9.53 Å². The first kappa shape index (κ1) is 14.7. The van der Waals surface area contributed by atoms with Crippen molar-refractivity contribution >= 4 is 11.6 Å². The van der Waals surface area contributed by atoms with Gasteiger partial charge < -0.3 is 25.6 Å². The highest BCUT2D eigenvalue weighted by atomic mass is 16.5. The maximum atomic E-state index is 11.8. The summed E-state index contributed by atoms with van der Waals surface area (Å²) in [5.74, 6) is -0.225. The molecule has 0 radical (unpaired) electrons. The number of hydrogen-bond acceptors (Lipinski definition) is 6. The first-order chi connectivity index (χ1) is 9.70. The summed E-state index contributed by atoms with van der Waals surface area (Å²) in [6.45, 7) is 0.240. The van der Waals surface area contributed by atoms with Gasteiger partial charge in [0.2, 0.25) is 5.91 Å². The van der Waals surface area contributed by atoms with Gasteiger partial charge in [-0.05, 0) is 18.6 Å². The molecule has 0 unspecified atom stereocenters. The minimum absolute atomic E-state index is 0.0968. The van der Waals surface area contributed by atoms with Crippen LogP contribution in [0.25, 0.3) is 0 Å². The molecule has 110 valence electrons. The topological polar surface area (TPSA) is 104 Å². The van der Waals surface area contributed by atoms with Crippen molar-refractivity contribution in [1.82, 2.24) is 10.3 Å². The lowest BCUT2D eigenvalue weighted by atomic mass is 10.00. The summed E-state index contributed by atoms with van der Waals surface area (Å²) in [4.78, 5) is 15.7. The Hall–Kier alpha value is -1.70. The van der Waals surface area contributed by atoms with Crippen LogP contribution in [0.1, 0.15) is 6.42 Å². The van der Waals surface area contributed by atoms with Gasteiger partial charge in [-0.25, -0.2) is 0 Å². The van der Waals surface area contributed by atoms with Crippen LogP contribution in [0.2, 0.25) is 0 Å². The van der Waals surface area contributed by atoms with E-state index < -0.39 is 18.2 Å². The van der Waals surface area contributed by atoms with Crippen LogP contribution in [0.5, 0.6) is 0 Å². The molecule has 1 fully saturated rings. The molecule has 7 nitrogen and oxygen atoms in total. The number of carbonyl (C=O) groups is 1. The van der Waals surface area contributed by atoms with Gasteiger partial charge in [0.05, 0.1) is 24.9 Å². The van der Waals surface area contributed by atoms with E-state index in [-0.39, 0.29) is 19.1 Å². The van der Waals surface area contributed by atoms with Crippen molar-refractivity contribution in [2.75, 3.05) is 25.1 Å². The molecule has 1 saturated heterocycles. The van der Waals surface area contributed by atoms with Crippen LogP contribution in [0.3, 0.4) is 0 Å². The minimum Gasteiger partial charge on any atom is -0.394 e. The molecule has 3 atom stereocenters. The molecule has 0 aliphatic carbocycles. The lowest BCUT2D eigenvalue weighted by molar-refractivity contribution is -0.130. The SMILES string of the molecule is O=C(CNc1cccnc1)N[C@H]1CCO[C@H](CO)[C@H]1O. The lowest BCUT2D eigenvalue weighted by Gasteiger charge is -2.34. The van der Waals surface area contributed by atoms with E-state index in [0.717, 1.165) is 5.69 Å². The molecule has 2 rings (SSSR count). The molecule has 1 aromatic heterocycles. The van der Waals surface area contributed by atoms with Crippen LogP contribution in [-0.4, -0.2) is 59.1 Å². The number of carbonyl (C=O) groups excluding carboxylic acids is 1. The highest BCUT2D eigenvalue weighted by Gasteiger charge is 2.33. The number of anilines is 1. The Labute approximate surface area is 117 Å². The van der Waals surface area contributed by atoms with Gasteiger partial charge in [-0.3, -0.25) is 9.78 Å². The van der Waals surface area contributed by atoms with Crippen LogP contribution < -0.4 is 10.6 Å². The number of aliphatic hydroxyl groups excluding tert-OH is 2. The Morgan fingerprint density at radius 3 is 3.10 bits per heavy atom. The summed E-state index contributed by atoms with van der Waals surface area (Å²) in [7, 11) is 0. The van der Waals surface area contributed by atoms with Gasteiger partial charge in [0.1, 0.15) is 12.2 Å². The maximum absolute atomic E-state index is 11.8. The summed E-state index contributed by atoms with van der Waals surface area (Å²) >= 11 is 0. The van der Waals surface area contributed by atoms with Crippen molar-refractivity contribution in [3.63, 3.8) is 0 Å². The molecular formula is C13H19N3O4. The molecule has 7 heteroatoms. The fourth-order valence-corrected chi connectivity index (χ4v) is 2.10. The molecular weight excluding hydrogens is 262 g/mol. The number of ether oxygens (including phenoxy) is 1. The van der Waals surface area contributed by atoms with E-state index in [1.165, 1.54) is 0 Å². The summed E-state index contributed by atoms with van der Waals surface area (Å²) < 4.78 is 5.21. The third-order valence-electron chi connectivity index (χ3n) is 3.19. The number of rotatable bonds is 5. The first-order valence-corrected chi connectivity index (χ1v) is 6.54. The molecule has 4 N–H and O–H groups in total. The molecule has 0 bridgehead atoms. The number of aliphatic hydroxyl groups is 2. The second-order valence-corrected chi connectivity index (χ2v) is 4.64. The van der Waals surface area contributed by atoms with E-state index >= 15 is 0 Å². The van der Waals surface area contributed by atoms with Gasteiger partial charge in [0.25, 0.3) is 0 Å². The highest BCUT2D eigenvalue weighted by Crippen LogP contribution is 2.14. The number of nitrogens with one attached hydrogen (secondary N) is 2. The van der Waals surface area contributed by atoms with Gasteiger partial charge in [0, 0.05) is 19.0 Å². The van der Waals surface area contributed by atoms with Gasteiger partial charge in [-0.2, -0.15) is 0 Å². The molecule has 1 amide bonds. The predicted molar refractivity (Wildman–Crippen MR) is 72.1 cm³/mol. The van der Waals surface area contributed by atoms with Crippen LogP contribution in [0.15, 0.2) is 24.5 Å². The number of hydrogen-bond donors (Lipinski definition) is 4. The van der Waals surface area contributed by atoms with E-state index in [2.05, 4.69) is 15.6 Å². The summed E-state index contributed by atoms with van der Waals surface area (Å²) in [6.07, 6.45) is 2.27. The second-order valence-electron chi connectivity index (χ2n) is 4.64. The Bertz CT molecular complexity index is 429. The first-order valence-electron chi connectivity index (χ1n) is 6.54. The summed E-state index contributed by atoms with van der Waals surface area (Å²) in [5, 5.41) is 24.7. The summed E-state index contributed by atoms with van der Waals surface area (Å²) in [5.41, 5.74) is 0.753. The monoisotopic (exact) mass is 281 g/mol. The smallest absolute Gasteiger partial charge is 0.239 e.